The second-order valence-corrected chi connectivity index (χ2v) is 10.3. The fraction of sp³-hybridized carbons (Fsp3) is 0.435. The first-order valence-electron chi connectivity index (χ1n) is 10.7. The highest BCUT2D eigenvalue weighted by Crippen LogP contribution is 2.30. The van der Waals surface area contributed by atoms with Crippen LogP contribution in [0.5, 0.6) is 0 Å². The van der Waals surface area contributed by atoms with Crippen LogP contribution in [0.15, 0.2) is 52.4 Å². The van der Waals surface area contributed by atoms with Crippen molar-refractivity contribution < 1.29 is 12.8 Å². The van der Waals surface area contributed by atoms with Gasteiger partial charge in [0.1, 0.15) is 11.7 Å². The number of aryl methyl sites for hydroxylation is 2. The van der Waals surface area contributed by atoms with Crippen molar-refractivity contribution in [2.24, 2.45) is 4.99 Å². The summed E-state index contributed by atoms with van der Waals surface area (Å²) in [5.41, 5.74) is 1.87. The zero-order valence-corrected chi connectivity index (χ0v) is 20.0. The van der Waals surface area contributed by atoms with Crippen molar-refractivity contribution >= 4 is 28.3 Å². The third kappa shape index (κ3) is 4.83. The average molecular weight is 481 g/mol. The summed E-state index contributed by atoms with van der Waals surface area (Å²) in [6.45, 7) is 6.28. The molecule has 2 aliphatic heterocycles. The number of hydrogen-bond acceptors (Lipinski definition) is 5. The smallest absolute Gasteiger partial charge is 0.243 e. The Bertz CT molecular complexity index is 1100. The Morgan fingerprint density at radius 1 is 1.16 bits per heavy atom. The van der Waals surface area contributed by atoms with Crippen LogP contribution in [-0.2, 0) is 16.6 Å². The summed E-state index contributed by atoms with van der Waals surface area (Å²) in [6.07, 6.45) is 1.22. The van der Waals surface area contributed by atoms with Crippen molar-refractivity contribution in [2.45, 2.75) is 43.7 Å². The van der Waals surface area contributed by atoms with E-state index < -0.39 is 15.6 Å². The van der Waals surface area contributed by atoms with Crippen molar-refractivity contribution in [1.29, 1.82) is 0 Å². The van der Waals surface area contributed by atoms with E-state index in [0.717, 1.165) is 23.5 Å². The lowest BCUT2D eigenvalue weighted by Crippen LogP contribution is -2.64. The molecular weight excluding hydrogens is 451 g/mol. The second kappa shape index (κ2) is 9.87. The summed E-state index contributed by atoms with van der Waals surface area (Å²) in [5, 5.41) is 6.88. The molecule has 4 rings (SSSR count). The second-order valence-electron chi connectivity index (χ2n) is 8.36. The van der Waals surface area contributed by atoms with Gasteiger partial charge in [0, 0.05) is 31.7 Å². The number of piperidine rings is 1. The largest absolute Gasteiger partial charge is 0.368 e. The van der Waals surface area contributed by atoms with Gasteiger partial charge in [-0.2, -0.15) is 4.31 Å². The van der Waals surface area contributed by atoms with Gasteiger partial charge in [0.25, 0.3) is 0 Å². The molecule has 2 aromatic rings. The SMILES string of the molecule is Cc1ccc(C)c(S(=O)(=O)N2CCC3(CC2)NCCN=C3NCc2ccccc2F)c1.Cl. The van der Waals surface area contributed by atoms with E-state index in [0.29, 0.717) is 49.5 Å². The third-order valence-electron chi connectivity index (χ3n) is 6.24. The predicted octanol–water partition coefficient (Wildman–Crippen LogP) is 3.18. The average Bonchev–Trinajstić information content (AvgIpc) is 2.76. The summed E-state index contributed by atoms with van der Waals surface area (Å²) < 4.78 is 42.1. The Balaban J connectivity index is 0.00000289. The molecule has 32 heavy (non-hydrogen) atoms. The monoisotopic (exact) mass is 480 g/mol. The molecule has 0 atom stereocenters. The Morgan fingerprint density at radius 2 is 1.88 bits per heavy atom. The van der Waals surface area contributed by atoms with Gasteiger partial charge in [-0.1, -0.05) is 30.3 Å². The van der Waals surface area contributed by atoms with Crippen LogP contribution in [-0.4, -0.2) is 50.3 Å². The number of hydrogen-bond donors (Lipinski definition) is 2. The number of nitrogens with one attached hydrogen (secondary N) is 2. The molecule has 0 aliphatic carbocycles. The summed E-state index contributed by atoms with van der Waals surface area (Å²) in [4.78, 5) is 5.06. The Morgan fingerprint density at radius 3 is 2.59 bits per heavy atom. The molecule has 0 bridgehead atoms. The van der Waals surface area contributed by atoms with E-state index >= 15 is 0 Å². The number of nitrogens with zero attached hydrogens (tertiary/aromatic N) is 2. The van der Waals surface area contributed by atoms with Crippen LogP contribution in [0.25, 0.3) is 0 Å². The quantitative estimate of drug-likeness (QED) is 0.705. The van der Waals surface area contributed by atoms with Crippen LogP contribution < -0.4 is 10.6 Å². The lowest BCUT2D eigenvalue weighted by molar-refractivity contribution is 0.241. The predicted molar refractivity (Wildman–Crippen MR) is 127 cm³/mol. The molecule has 1 spiro atoms. The number of aliphatic imine (C=N–C) groups is 1. The van der Waals surface area contributed by atoms with E-state index in [1.54, 1.807) is 22.5 Å². The topological polar surface area (TPSA) is 73.8 Å². The first-order valence-corrected chi connectivity index (χ1v) is 12.1. The van der Waals surface area contributed by atoms with Gasteiger partial charge < -0.3 is 10.6 Å². The van der Waals surface area contributed by atoms with E-state index in [2.05, 4.69) is 15.6 Å². The van der Waals surface area contributed by atoms with E-state index in [4.69, 9.17) is 0 Å². The van der Waals surface area contributed by atoms with Crippen LogP contribution in [0.1, 0.15) is 29.5 Å². The van der Waals surface area contributed by atoms with E-state index in [9.17, 15) is 12.8 Å². The zero-order valence-electron chi connectivity index (χ0n) is 18.4. The molecule has 2 aliphatic rings. The van der Waals surface area contributed by atoms with Crippen molar-refractivity contribution in [3.8, 4) is 0 Å². The van der Waals surface area contributed by atoms with Crippen molar-refractivity contribution in [3.63, 3.8) is 0 Å². The Kier molecular flexibility index (Phi) is 7.60. The molecule has 6 nitrogen and oxygen atoms in total. The van der Waals surface area contributed by atoms with Gasteiger partial charge in [-0.15, -0.1) is 12.4 Å². The molecule has 1 saturated heterocycles. The molecular formula is C23H30ClFN4O2S. The van der Waals surface area contributed by atoms with Crippen LogP contribution in [0, 0.1) is 19.7 Å². The number of benzene rings is 2. The lowest BCUT2D eigenvalue weighted by Gasteiger charge is -2.44. The first kappa shape index (κ1) is 24.6. The van der Waals surface area contributed by atoms with Crippen molar-refractivity contribution in [1.82, 2.24) is 14.9 Å². The van der Waals surface area contributed by atoms with Crippen LogP contribution in [0.4, 0.5) is 4.39 Å². The zero-order chi connectivity index (χ0) is 22.1. The fourth-order valence-corrected chi connectivity index (χ4v) is 6.14. The number of halogens is 2. The Hall–Kier alpha value is -2.00. The summed E-state index contributed by atoms with van der Waals surface area (Å²) >= 11 is 0. The van der Waals surface area contributed by atoms with Crippen LogP contribution in [0.2, 0.25) is 0 Å². The highest BCUT2D eigenvalue weighted by Gasteiger charge is 2.43. The van der Waals surface area contributed by atoms with E-state index in [1.165, 1.54) is 6.07 Å². The number of rotatable bonds is 4. The van der Waals surface area contributed by atoms with Gasteiger partial charge in [-0.25, -0.2) is 12.8 Å². The van der Waals surface area contributed by atoms with Gasteiger partial charge in [0.2, 0.25) is 10.0 Å². The minimum atomic E-state index is -3.55. The van der Waals surface area contributed by atoms with Gasteiger partial charge in [0.05, 0.1) is 17.0 Å². The Labute approximate surface area is 195 Å². The molecule has 2 N–H and O–H groups in total. The van der Waals surface area contributed by atoms with Gasteiger partial charge in [0.15, 0.2) is 0 Å². The maximum absolute atomic E-state index is 14.0. The minimum Gasteiger partial charge on any atom is -0.368 e. The summed E-state index contributed by atoms with van der Waals surface area (Å²) in [5.74, 6) is 0.550. The maximum atomic E-state index is 14.0. The summed E-state index contributed by atoms with van der Waals surface area (Å²) in [6, 6.07) is 12.2. The molecule has 2 aromatic carbocycles. The van der Waals surface area contributed by atoms with Crippen molar-refractivity contribution in [2.75, 3.05) is 26.2 Å². The number of amidine groups is 1. The molecule has 174 valence electrons. The standard InChI is InChI=1S/C23H29FN4O2S.ClH/c1-17-7-8-18(2)21(15-17)31(29,30)28-13-9-23(10-14-28)22(25-11-12-27-23)26-16-19-5-3-4-6-20(19)24;/h3-8,15,27H,9-14,16H2,1-2H3,(H,25,26);1H. The highest BCUT2D eigenvalue weighted by molar-refractivity contribution is 7.89. The lowest BCUT2D eigenvalue weighted by atomic mass is 9.85. The first-order chi connectivity index (χ1) is 14.8. The molecule has 0 radical (unpaired) electrons. The molecule has 0 saturated carbocycles. The summed E-state index contributed by atoms with van der Waals surface area (Å²) in [7, 11) is -3.55. The molecule has 0 aromatic heterocycles. The van der Waals surface area contributed by atoms with Gasteiger partial charge >= 0.3 is 0 Å². The molecule has 0 unspecified atom stereocenters. The molecule has 2 heterocycles. The number of sulfonamides is 1. The third-order valence-corrected chi connectivity index (χ3v) is 8.28. The highest BCUT2D eigenvalue weighted by atomic mass is 35.5. The van der Waals surface area contributed by atoms with Crippen LogP contribution >= 0.6 is 12.4 Å². The normalized spacial score (nSPS) is 18.7. The maximum Gasteiger partial charge on any atom is 0.243 e. The molecule has 0 amide bonds. The van der Waals surface area contributed by atoms with Crippen LogP contribution in [0.3, 0.4) is 0 Å². The molecule has 1 fully saturated rings. The molecule has 9 heteroatoms. The van der Waals surface area contributed by atoms with Gasteiger partial charge in [-0.05, 0) is 49.9 Å². The van der Waals surface area contributed by atoms with E-state index in [-0.39, 0.29) is 18.2 Å². The minimum absolute atomic E-state index is 0. The fourth-order valence-electron chi connectivity index (χ4n) is 4.39. The van der Waals surface area contributed by atoms with Gasteiger partial charge in [-0.3, -0.25) is 4.99 Å². The van der Waals surface area contributed by atoms with E-state index in [1.807, 2.05) is 32.0 Å². The van der Waals surface area contributed by atoms with Crippen molar-refractivity contribution in [3.05, 3.63) is 65.0 Å².